The zero-order chi connectivity index (χ0) is 56.3. The molecule has 0 rings (SSSR count). The summed E-state index contributed by atoms with van der Waals surface area (Å²) in [7, 11) is 1.60. The summed E-state index contributed by atoms with van der Waals surface area (Å²) in [6.45, 7) is 4.89. The van der Waals surface area contributed by atoms with E-state index < -0.39 is 20.0 Å². The summed E-state index contributed by atoms with van der Waals surface area (Å²) < 4.78 is 23.8. The molecule has 0 saturated carbocycles. The molecule has 0 bridgehead atoms. The number of aliphatic hydroxyl groups is 1. The van der Waals surface area contributed by atoms with E-state index in [1.807, 2.05) is 27.2 Å². The summed E-state index contributed by atoms with van der Waals surface area (Å²) in [6, 6.07) is -0.843. The monoisotopic (exact) mass is 1110 g/mol. The molecule has 8 nitrogen and oxygen atoms in total. The van der Waals surface area contributed by atoms with Crippen LogP contribution in [-0.2, 0) is 18.4 Å². The van der Waals surface area contributed by atoms with Gasteiger partial charge in [-0.25, -0.2) is 4.57 Å². The number of quaternary nitrogens is 1. The van der Waals surface area contributed by atoms with Gasteiger partial charge in [0.05, 0.1) is 39.9 Å². The van der Waals surface area contributed by atoms with E-state index in [4.69, 9.17) is 9.05 Å². The number of unbranched alkanes of at least 4 members (excludes halogenated alkanes) is 52. The van der Waals surface area contributed by atoms with E-state index in [-0.39, 0.29) is 19.1 Å². The van der Waals surface area contributed by atoms with Gasteiger partial charge in [0.15, 0.2) is 0 Å². The average molecular weight is 1110 g/mol. The maximum absolute atomic E-state index is 13.0. The molecule has 3 unspecified atom stereocenters. The lowest BCUT2D eigenvalue weighted by Crippen LogP contribution is -2.45. The Kier molecular flexibility index (Phi) is 59.3. The van der Waals surface area contributed by atoms with E-state index in [9.17, 15) is 19.4 Å². The minimum Gasteiger partial charge on any atom is -0.387 e. The van der Waals surface area contributed by atoms with E-state index in [0.29, 0.717) is 17.4 Å². The minimum atomic E-state index is -4.35. The molecule has 3 atom stereocenters. The molecule has 0 spiro atoms. The standard InChI is InChI=1S/C68H137N2O6P/c1-6-8-10-12-14-16-18-20-22-24-26-28-30-31-32-33-34-35-36-37-38-40-42-44-46-48-50-52-54-56-58-60-62-68(72)69-66(65-76-77(73,74)75-64-63-70(3,4)5)67(71)61-59-57-55-53-51-49-47-45-43-41-39-29-27-25-23-21-19-17-15-13-11-9-7-2/h59,61,66-67,71H,6-58,60,62-65H2,1-5H3,(H-,69,72,73,74)/p+1/b61-59+. The van der Waals surface area contributed by atoms with E-state index in [1.165, 1.54) is 315 Å². The maximum Gasteiger partial charge on any atom is 0.472 e. The van der Waals surface area contributed by atoms with E-state index in [0.717, 1.165) is 32.1 Å². The quantitative estimate of drug-likeness (QED) is 0.0243. The zero-order valence-corrected chi connectivity index (χ0v) is 53.6. The number of phosphoric ester groups is 1. The Morgan fingerprint density at radius 1 is 0.429 bits per heavy atom. The SMILES string of the molecule is CCCCCCCCCCCCCCCCCCCCCCC/C=C/C(O)C(COP(=O)(O)OCC[N+](C)(C)C)NC(=O)CCCCCCCCCCCCCCCCCCCCCCCCCCCCCCCCCC. The highest BCUT2D eigenvalue weighted by atomic mass is 31.2. The van der Waals surface area contributed by atoms with Gasteiger partial charge < -0.3 is 19.8 Å². The summed E-state index contributed by atoms with van der Waals surface area (Å²) in [5.74, 6) is -0.167. The number of carbonyl (C=O) groups is 1. The number of likely N-dealkylation sites (N-methyl/N-ethyl adjacent to an activating group) is 1. The number of allylic oxidation sites excluding steroid dienone is 1. The van der Waals surface area contributed by atoms with Gasteiger partial charge in [-0.15, -0.1) is 0 Å². The van der Waals surface area contributed by atoms with Crippen molar-refractivity contribution in [3.8, 4) is 0 Å². The highest BCUT2D eigenvalue weighted by Gasteiger charge is 2.28. The average Bonchev–Trinajstić information content (AvgIpc) is 3.39. The van der Waals surface area contributed by atoms with Crippen LogP contribution in [0.25, 0.3) is 0 Å². The van der Waals surface area contributed by atoms with Gasteiger partial charge >= 0.3 is 7.82 Å². The van der Waals surface area contributed by atoms with Crippen LogP contribution in [0.5, 0.6) is 0 Å². The predicted octanol–water partition coefficient (Wildman–Crippen LogP) is 21.7. The van der Waals surface area contributed by atoms with Crippen LogP contribution in [0.1, 0.15) is 367 Å². The number of nitrogens with zero attached hydrogens (tertiary/aromatic N) is 1. The van der Waals surface area contributed by atoms with E-state index in [1.54, 1.807) is 6.08 Å². The fourth-order valence-corrected chi connectivity index (χ4v) is 11.6. The molecule has 0 aromatic carbocycles. The lowest BCUT2D eigenvalue weighted by molar-refractivity contribution is -0.870. The van der Waals surface area contributed by atoms with Crippen LogP contribution in [-0.4, -0.2) is 73.4 Å². The van der Waals surface area contributed by atoms with Crippen molar-refractivity contribution in [2.24, 2.45) is 0 Å². The summed E-state index contributed by atoms with van der Waals surface area (Å²) >= 11 is 0. The number of hydrogen-bond acceptors (Lipinski definition) is 5. The highest BCUT2D eigenvalue weighted by Crippen LogP contribution is 2.43. The maximum atomic E-state index is 13.0. The van der Waals surface area contributed by atoms with Crippen molar-refractivity contribution < 1.29 is 32.9 Å². The van der Waals surface area contributed by atoms with Gasteiger partial charge in [0.2, 0.25) is 5.91 Å². The Morgan fingerprint density at radius 3 is 0.961 bits per heavy atom. The van der Waals surface area contributed by atoms with Gasteiger partial charge in [0, 0.05) is 6.42 Å². The van der Waals surface area contributed by atoms with Crippen molar-refractivity contribution in [1.29, 1.82) is 0 Å². The molecule has 0 saturated heterocycles. The molecular weight excluding hydrogens is 972 g/mol. The smallest absolute Gasteiger partial charge is 0.387 e. The van der Waals surface area contributed by atoms with Gasteiger partial charge in [-0.2, -0.15) is 0 Å². The number of nitrogens with one attached hydrogen (secondary N) is 1. The van der Waals surface area contributed by atoms with Crippen LogP contribution in [0.3, 0.4) is 0 Å². The summed E-state index contributed by atoms with van der Waals surface area (Å²) in [4.78, 5) is 23.4. The second kappa shape index (κ2) is 59.8. The van der Waals surface area contributed by atoms with Crippen LogP contribution in [0.4, 0.5) is 0 Å². The highest BCUT2D eigenvalue weighted by molar-refractivity contribution is 7.47. The first kappa shape index (κ1) is 76.2. The van der Waals surface area contributed by atoms with Crippen molar-refractivity contribution in [2.75, 3.05) is 40.9 Å². The van der Waals surface area contributed by atoms with Gasteiger partial charge in [-0.3, -0.25) is 13.8 Å². The van der Waals surface area contributed by atoms with Gasteiger partial charge in [0.1, 0.15) is 13.2 Å². The van der Waals surface area contributed by atoms with Crippen LogP contribution >= 0.6 is 7.82 Å². The Labute approximate surface area is 482 Å². The molecule has 0 fully saturated rings. The molecule has 9 heteroatoms. The third-order valence-corrected chi connectivity index (χ3v) is 17.2. The van der Waals surface area contributed by atoms with E-state index in [2.05, 4.69) is 19.2 Å². The first-order chi connectivity index (χ1) is 37.5. The number of carbonyl (C=O) groups excluding carboxylic acids is 1. The third kappa shape index (κ3) is 62.7. The first-order valence-corrected chi connectivity index (χ1v) is 36.1. The molecule has 0 aliphatic rings. The van der Waals surface area contributed by atoms with E-state index >= 15 is 0 Å². The minimum absolute atomic E-state index is 0.0655. The zero-order valence-electron chi connectivity index (χ0n) is 52.7. The predicted molar refractivity (Wildman–Crippen MR) is 337 cm³/mol. The first-order valence-electron chi connectivity index (χ1n) is 34.6. The number of hydrogen-bond donors (Lipinski definition) is 3. The number of phosphoric acid groups is 1. The largest absolute Gasteiger partial charge is 0.472 e. The molecule has 0 aromatic rings. The lowest BCUT2D eigenvalue weighted by atomic mass is 10.0. The summed E-state index contributed by atoms with van der Waals surface area (Å²) in [5.41, 5.74) is 0. The Hall–Kier alpha value is -0.760. The molecule has 0 aliphatic heterocycles. The third-order valence-electron chi connectivity index (χ3n) is 16.3. The van der Waals surface area contributed by atoms with Gasteiger partial charge in [0.25, 0.3) is 0 Å². The molecule has 77 heavy (non-hydrogen) atoms. The summed E-state index contributed by atoms with van der Waals surface area (Å²) in [6.07, 6.45) is 76.4. The van der Waals surface area contributed by atoms with Crippen molar-refractivity contribution in [3.63, 3.8) is 0 Å². The summed E-state index contributed by atoms with van der Waals surface area (Å²) in [5, 5.41) is 14.0. The molecule has 3 N–H and O–H groups in total. The fraction of sp³-hybridized carbons (Fsp3) is 0.956. The molecule has 0 aromatic heterocycles. The lowest BCUT2D eigenvalue weighted by Gasteiger charge is -2.25. The molecular formula is C68H138N2O6P+. The van der Waals surface area contributed by atoms with Crippen LogP contribution in [0, 0.1) is 0 Å². The van der Waals surface area contributed by atoms with Gasteiger partial charge in [-0.1, -0.05) is 353 Å². The molecule has 0 aliphatic carbocycles. The van der Waals surface area contributed by atoms with Crippen molar-refractivity contribution >= 4 is 13.7 Å². The second-order valence-corrected chi connectivity index (χ2v) is 26.7. The van der Waals surface area contributed by atoms with Crippen LogP contribution in [0.15, 0.2) is 12.2 Å². The Morgan fingerprint density at radius 2 is 0.688 bits per heavy atom. The van der Waals surface area contributed by atoms with Crippen LogP contribution < -0.4 is 5.32 Å². The fourth-order valence-electron chi connectivity index (χ4n) is 10.9. The normalized spacial score (nSPS) is 13.7. The molecule has 0 radical (unpaired) electrons. The number of rotatable bonds is 65. The van der Waals surface area contributed by atoms with Crippen molar-refractivity contribution in [2.45, 2.75) is 379 Å². The second-order valence-electron chi connectivity index (χ2n) is 25.3. The number of amides is 1. The Balaban J connectivity index is 4.01. The van der Waals surface area contributed by atoms with Crippen LogP contribution in [0.2, 0.25) is 0 Å². The molecule has 0 heterocycles. The van der Waals surface area contributed by atoms with Crippen molar-refractivity contribution in [1.82, 2.24) is 5.32 Å². The Bertz CT molecular complexity index is 1260. The molecule has 1 amide bonds. The number of aliphatic hydroxyl groups excluding tert-OH is 1. The molecule has 460 valence electrons. The van der Waals surface area contributed by atoms with Crippen molar-refractivity contribution in [3.05, 3.63) is 12.2 Å². The van der Waals surface area contributed by atoms with Gasteiger partial charge in [-0.05, 0) is 19.3 Å². The topological polar surface area (TPSA) is 105 Å².